The van der Waals surface area contributed by atoms with Crippen LogP contribution in [0, 0.1) is 11.8 Å². The first-order chi connectivity index (χ1) is 10.1. The molecule has 0 aliphatic carbocycles. The maximum absolute atomic E-state index is 11.9. The number of hydrogen-bond donors (Lipinski definition) is 2. The van der Waals surface area contributed by atoms with Gasteiger partial charge in [0, 0.05) is 19.6 Å². The Hall–Kier alpha value is -0.750. The summed E-state index contributed by atoms with van der Waals surface area (Å²) in [5.74, 6) is 2.11. The number of rotatable bonds is 6. The smallest absolute Gasteiger partial charge is 0.254 e. The normalized spacial score (nSPS) is 21.2. The molecule has 0 spiro atoms. The molecule has 1 fully saturated rings. The Bertz CT molecular complexity index is 458. The average molecular weight is 366 g/mol. The fourth-order valence-electron chi connectivity index (χ4n) is 3.19. The topological polar surface area (TPSA) is 71.5 Å². The highest BCUT2D eigenvalue weighted by atomic mass is 35.5. The summed E-state index contributed by atoms with van der Waals surface area (Å²) < 4.78 is 5.17. The monoisotopic (exact) mass is 365 g/mol. The Morgan fingerprint density at radius 1 is 1.35 bits per heavy atom. The zero-order valence-corrected chi connectivity index (χ0v) is 15.5. The molecule has 1 aliphatic rings. The van der Waals surface area contributed by atoms with Crippen LogP contribution in [-0.2, 0) is 6.54 Å². The van der Waals surface area contributed by atoms with Crippen molar-refractivity contribution in [2.75, 3.05) is 26.2 Å². The lowest BCUT2D eigenvalue weighted by molar-refractivity contribution is 0.0946. The van der Waals surface area contributed by atoms with Crippen LogP contribution in [0.5, 0.6) is 0 Å². The Kier molecular flexibility index (Phi) is 10.6. The van der Waals surface area contributed by atoms with Crippen LogP contribution in [0.3, 0.4) is 0 Å². The van der Waals surface area contributed by atoms with Crippen molar-refractivity contribution in [1.82, 2.24) is 10.2 Å². The first-order valence-electron chi connectivity index (χ1n) is 7.86. The van der Waals surface area contributed by atoms with E-state index in [0.717, 1.165) is 24.8 Å². The molecule has 2 rings (SSSR count). The van der Waals surface area contributed by atoms with Crippen molar-refractivity contribution in [2.45, 2.75) is 33.2 Å². The lowest BCUT2D eigenvalue weighted by Crippen LogP contribution is -2.40. The van der Waals surface area contributed by atoms with E-state index in [1.54, 1.807) is 6.07 Å². The summed E-state index contributed by atoms with van der Waals surface area (Å²) in [5, 5.41) is 2.93. The minimum Gasteiger partial charge on any atom is -0.467 e. The van der Waals surface area contributed by atoms with Gasteiger partial charge in [0.2, 0.25) is 0 Å². The zero-order valence-electron chi connectivity index (χ0n) is 13.9. The molecule has 1 aromatic heterocycles. The second-order valence-corrected chi connectivity index (χ2v) is 6.32. The average Bonchev–Trinajstić information content (AvgIpc) is 2.91. The lowest BCUT2D eigenvalue weighted by Gasteiger charge is -2.34. The molecule has 0 aromatic carbocycles. The van der Waals surface area contributed by atoms with Crippen molar-refractivity contribution in [3.05, 3.63) is 23.7 Å². The van der Waals surface area contributed by atoms with Crippen molar-refractivity contribution < 1.29 is 9.21 Å². The first kappa shape index (κ1) is 22.2. The number of halogens is 2. The number of nitrogens with two attached hydrogens (primary N) is 1. The number of carbonyl (C=O) groups excluding carboxylic acids is 1. The van der Waals surface area contributed by atoms with E-state index < -0.39 is 0 Å². The van der Waals surface area contributed by atoms with Crippen LogP contribution >= 0.6 is 24.8 Å². The van der Waals surface area contributed by atoms with Crippen molar-refractivity contribution in [1.29, 1.82) is 0 Å². The van der Waals surface area contributed by atoms with E-state index in [-0.39, 0.29) is 30.7 Å². The van der Waals surface area contributed by atoms with Gasteiger partial charge in [0.15, 0.2) is 0 Å². The second kappa shape index (κ2) is 10.9. The minimum atomic E-state index is -0.0844. The molecule has 2 unspecified atom stereocenters. The van der Waals surface area contributed by atoms with Crippen molar-refractivity contribution in [3.8, 4) is 0 Å². The first-order valence-corrected chi connectivity index (χ1v) is 7.86. The number of piperidine rings is 1. The molecule has 2 heterocycles. The largest absolute Gasteiger partial charge is 0.467 e. The predicted octanol–water partition coefficient (Wildman–Crippen LogP) is 2.68. The van der Waals surface area contributed by atoms with Gasteiger partial charge in [-0.15, -0.1) is 24.8 Å². The van der Waals surface area contributed by atoms with Crippen LogP contribution in [0.4, 0.5) is 0 Å². The summed E-state index contributed by atoms with van der Waals surface area (Å²) in [6, 6.07) is 1.70. The van der Waals surface area contributed by atoms with Crippen molar-refractivity contribution in [3.63, 3.8) is 0 Å². The fraction of sp³-hybridized carbons (Fsp3) is 0.688. The molecule has 2 atom stereocenters. The number of carbonyl (C=O) groups is 1. The maximum Gasteiger partial charge on any atom is 0.254 e. The third kappa shape index (κ3) is 7.12. The third-order valence-electron chi connectivity index (χ3n) is 4.00. The van der Waals surface area contributed by atoms with Crippen molar-refractivity contribution >= 4 is 30.7 Å². The minimum absolute atomic E-state index is 0. The van der Waals surface area contributed by atoms with E-state index in [2.05, 4.69) is 24.1 Å². The number of nitrogens with one attached hydrogen (secondary N) is 1. The van der Waals surface area contributed by atoms with Gasteiger partial charge < -0.3 is 20.4 Å². The van der Waals surface area contributed by atoms with Crippen LogP contribution in [-0.4, -0.2) is 37.0 Å². The summed E-state index contributed by atoms with van der Waals surface area (Å²) in [4.78, 5) is 14.4. The summed E-state index contributed by atoms with van der Waals surface area (Å²) in [7, 11) is 0. The number of likely N-dealkylation sites (tertiary alicyclic amines) is 1. The molecule has 1 saturated heterocycles. The van der Waals surface area contributed by atoms with Gasteiger partial charge in [0.25, 0.3) is 5.91 Å². The number of hydrogen-bond acceptors (Lipinski definition) is 4. The van der Waals surface area contributed by atoms with Gasteiger partial charge in [-0.25, -0.2) is 0 Å². The molecule has 0 radical (unpaired) electrons. The van der Waals surface area contributed by atoms with Crippen LogP contribution in [0.15, 0.2) is 16.7 Å². The summed E-state index contributed by atoms with van der Waals surface area (Å²) in [5.41, 5.74) is 6.01. The summed E-state index contributed by atoms with van der Waals surface area (Å²) in [6.45, 7) is 9.06. The van der Waals surface area contributed by atoms with Crippen LogP contribution < -0.4 is 11.1 Å². The SMILES string of the molecule is CC1CC(C)CN(CCCNC(=O)c2coc(CN)c2)C1.Cl.Cl. The highest BCUT2D eigenvalue weighted by molar-refractivity contribution is 5.93. The van der Waals surface area contributed by atoms with Crippen LogP contribution in [0.25, 0.3) is 0 Å². The quantitative estimate of drug-likeness (QED) is 0.760. The maximum atomic E-state index is 11.9. The molecule has 0 saturated carbocycles. The standard InChI is InChI=1S/C16H27N3O2.2ClH/c1-12-6-13(2)10-19(9-12)5-3-4-18-16(20)14-7-15(8-17)21-11-14;;/h7,11-13H,3-6,8-10,17H2,1-2H3,(H,18,20);2*1H. The zero-order chi connectivity index (χ0) is 15.2. The Balaban J connectivity index is 0.00000242. The van der Waals surface area contributed by atoms with E-state index in [1.807, 2.05) is 0 Å². The molecule has 7 heteroatoms. The Labute approximate surface area is 151 Å². The summed E-state index contributed by atoms with van der Waals surface area (Å²) >= 11 is 0. The highest BCUT2D eigenvalue weighted by Gasteiger charge is 2.21. The Morgan fingerprint density at radius 3 is 2.57 bits per heavy atom. The van der Waals surface area contributed by atoms with E-state index in [4.69, 9.17) is 10.2 Å². The van der Waals surface area contributed by atoms with Gasteiger partial charge in [-0.05, 0) is 37.3 Å². The predicted molar refractivity (Wildman–Crippen MR) is 97.4 cm³/mol. The molecule has 3 N–H and O–H groups in total. The molecule has 23 heavy (non-hydrogen) atoms. The van der Waals surface area contributed by atoms with E-state index in [1.165, 1.54) is 25.8 Å². The van der Waals surface area contributed by atoms with Crippen LogP contribution in [0.2, 0.25) is 0 Å². The summed E-state index contributed by atoms with van der Waals surface area (Å²) in [6.07, 6.45) is 3.77. The van der Waals surface area contributed by atoms with Gasteiger partial charge in [0.1, 0.15) is 12.0 Å². The molecule has 1 aliphatic heterocycles. The van der Waals surface area contributed by atoms with Gasteiger partial charge >= 0.3 is 0 Å². The number of nitrogens with zero attached hydrogens (tertiary/aromatic N) is 1. The molecular weight excluding hydrogens is 337 g/mol. The van der Waals surface area contributed by atoms with Crippen molar-refractivity contribution in [2.24, 2.45) is 17.6 Å². The van der Waals surface area contributed by atoms with E-state index in [9.17, 15) is 4.79 Å². The molecule has 1 aromatic rings. The van der Waals surface area contributed by atoms with E-state index in [0.29, 0.717) is 24.4 Å². The third-order valence-corrected chi connectivity index (χ3v) is 4.00. The van der Waals surface area contributed by atoms with Gasteiger partial charge in [0.05, 0.1) is 12.1 Å². The number of amides is 1. The molecule has 1 amide bonds. The van der Waals surface area contributed by atoms with Gasteiger partial charge in [-0.1, -0.05) is 13.8 Å². The fourth-order valence-corrected chi connectivity index (χ4v) is 3.19. The molecule has 5 nitrogen and oxygen atoms in total. The highest BCUT2D eigenvalue weighted by Crippen LogP contribution is 2.20. The van der Waals surface area contributed by atoms with Gasteiger partial charge in [-0.3, -0.25) is 4.79 Å². The molecular formula is C16H29Cl2N3O2. The van der Waals surface area contributed by atoms with Gasteiger partial charge in [-0.2, -0.15) is 0 Å². The van der Waals surface area contributed by atoms with E-state index >= 15 is 0 Å². The van der Waals surface area contributed by atoms with Crippen LogP contribution in [0.1, 0.15) is 42.8 Å². The lowest BCUT2D eigenvalue weighted by atomic mass is 9.92. The second-order valence-electron chi connectivity index (χ2n) is 6.32. The number of furan rings is 1. The Morgan fingerprint density at radius 2 is 2.00 bits per heavy atom. The molecule has 134 valence electrons. The molecule has 0 bridgehead atoms.